The van der Waals surface area contributed by atoms with Crippen molar-refractivity contribution in [3.63, 3.8) is 0 Å². The molecule has 200 valence electrons. The van der Waals surface area contributed by atoms with E-state index in [9.17, 15) is 14.7 Å². The molecule has 2 aromatic carbocycles. The van der Waals surface area contributed by atoms with Crippen LogP contribution in [0.3, 0.4) is 0 Å². The predicted molar refractivity (Wildman–Crippen MR) is 147 cm³/mol. The zero-order chi connectivity index (χ0) is 27.3. The number of unbranched alkanes of at least 4 members (excludes halogenated alkanes) is 1. The fourth-order valence-corrected chi connectivity index (χ4v) is 4.24. The standard InChI is InChI=1S/C27H32N6O4S/c1-37-21-12-7-10-19(17-21)25(35)26(36)31-27-33-32-24(38-27)13-6-5-11-20(28)14-15-22(29)30-23(34)16-18-8-3-2-4-9-18/h2-4,7-10,12,14-15,17,25,35H,5-6,11,13,16,28-29H2,1H3,(H,30,34)(H,31,33,36)/b20-14-,22-15+. The van der Waals surface area contributed by atoms with Crippen molar-refractivity contribution in [1.82, 2.24) is 15.5 Å². The van der Waals surface area contributed by atoms with E-state index >= 15 is 0 Å². The minimum atomic E-state index is -1.35. The monoisotopic (exact) mass is 536 g/mol. The summed E-state index contributed by atoms with van der Waals surface area (Å²) in [5.74, 6) is -0.0104. The molecule has 0 aliphatic rings. The minimum Gasteiger partial charge on any atom is -0.497 e. The number of aromatic nitrogens is 2. The molecule has 1 unspecified atom stereocenters. The van der Waals surface area contributed by atoms with Gasteiger partial charge in [-0.1, -0.05) is 53.8 Å². The Kier molecular flexibility index (Phi) is 10.8. The Hall–Kier alpha value is -4.22. The van der Waals surface area contributed by atoms with Crippen molar-refractivity contribution in [3.8, 4) is 5.75 Å². The summed E-state index contributed by atoms with van der Waals surface area (Å²) in [6.45, 7) is 0. The fourth-order valence-electron chi connectivity index (χ4n) is 3.46. The van der Waals surface area contributed by atoms with Crippen LogP contribution in [0.2, 0.25) is 0 Å². The molecule has 0 bridgehead atoms. The number of aliphatic hydroxyl groups excluding tert-OH is 1. The summed E-state index contributed by atoms with van der Waals surface area (Å²) >= 11 is 1.26. The second-order valence-corrected chi connectivity index (χ2v) is 9.51. The quantitative estimate of drug-likeness (QED) is 0.164. The van der Waals surface area contributed by atoms with Crippen molar-refractivity contribution >= 4 is 28.3 Å². The number of anilines is 1. The third kappa shape index (κ3) is 9.34. The molecule has 11 heteroatoms. The van der Waals surface area contributed by atoms with Crippen LogP contribution >= 0.6 is 11.3 Å². The van der Waals surface area contributed by atoms with Gasteiger partial charge in [0.05, 0.1) is 13.5 Å². The Balaban J connectivity index is 1.37. The van der Waals surface area contributed by atoms with Crippen LogP contribution in [0, 0.1) is 0 Å². The maximum atomic E-state index is 12.4. The Morgan fingerprint density at radius 3 is 2.63 bits per heavy atom. The molecule has 0 saturated carbocycles. The van der Waals surface area contributed by atoms with Crippen LogP contribution in [0.5, 0.6) is 5.75 Å². The highest BCUT2D eigenvalue weighted by molar-refractivity contribution is 7.15. The van der Waals surface area contributed by atoms with E-state index in [1.807, 2.05) is 30.3 Å². The first-order valence-electron chi connectivity index (χ1n) is 12.0. The highest BCUT2D eigenvalue weighted by Crippen LogP contribution is 2.22. The van der Waals surface area contributed by atoms with Gasteiger partial charge in [0.1, 0.15) is 16.6 Å². The number of methoxy groups -OCH3 is 1. The summed E-state index contributed by atoms with van der Waals surface area (Å²) in [6.07, 6.45) is 5.11. The van der Waals surface area contributed by atoms with Crippen molar-refractivity contribution in [3.05, 3.63) is 94.4 Å². The van der Waals surface area contributed by atoms with Crippen LogP contribution < -0.4 is 26.8 Å². The van der Waals surface area contributed by atoms with E-state index in [0.29, 0.717) is 35.0 Å². The van der Waals surface area contributed by atoms with E-state index in [-0.39, 0.29) is 18.1 Å². The lowest BCUT2D eigenvalue weighted by Gasteiger charge is -2.11. The highest BCUT2D eigenvalue weighted by Gasteiger charge is 2.19. The predicted octanol–water partition coefficient (Wildman–Crippen LogP) is 2.93. The first-order valence-corrected chi connectivity index (χ1v) is 12.9. The largest absolute Gasteiger partial charge is 0.497 e. The molecule has 2 amide bonds. The number of amides is 2. The zero-order valence-corrected chi connectivity index (χ0v) is 21.9. The fraction of sp³-hybridized carbons (Fsp3) is 0.259. The average Bonchev–Trinajstić information content (AvgIpc) is 3.37. The second kappa shape index (κ2) is 14.5. The summed E-state index contributed by atoms with van der Waals surface area (Å²) in [5.41, 5.74) is 13.9. The second-order valence-electron chi connectivity index (χ2n) is 8.45. The molecule has 10 nitrogen and oxygen atoms in total. The molecule has 1 atom stereocenters. The Labute approximate surface area is 225 Å². The number of hydrogen-bond donors (Lipinski definition) is 5. The van der Waals surface area contributed by atoms with Gasteiger partial charge in [-0.15, -0.1) is 10.2 Å². The molecule has 7 N–H and O–H groups in total. The number of carbonyl (C=O) groups excluding carboxylic acids is 2. The minimum absolute atomic E-state index is 0.195. The molecule has 0 aliphatic heterocycles. The summed E-state index contributed by atoms with van der Waals surface area (Å²) < 4.78 is 5.13. The number of rotatable bonds is 13. The van der Waals surface area contributed by atoms with Gasteiger partial charge in [0.2, 0.25) is 11.0 Å². The van der Waals surface area contributed by atoms with Gasteiger partial charge in [-0.2, -0.15) is 0 Å². The molecular weight excluding hydrogens is 504 g/mol. The number of ether oxygens (including phenoxy) is 1. The Morgan fingerprint density at radius 2 is 1.87 bits per heavy atom. The van der Waals surface area contributed by atoms with Gasteiger partial charge in [0.15, 0.2) is 6.10 Å². The van der Waals surface area contributed by atoms with E-state index in [4.69, 9.17) is 16.2 Å². The van der Waals surface area contributed by atoms with Gasteiger partial charge in [-0.25, -0.2) is 0 Å². The molecule has 1 heterocycles. The molecule has 3 aromatic rings. The maximum absolute atomic E-state index is 12.4. The molecule has 38 heavy (non-hydrogen) atoms. The van der Waals surface area contributed by atoms with Crippen LogP contribution in [0.25, 0.3) is 0 Å². The molecule has 3 rings (SSSR count). The van der Waals surface area contributed by atoms with E-state index in [1.54, 1.807) is 36.4 Å². The van der Waals surface area contributed by atoms with Gasteiger partial charge in [-0.3, -0.25) is 14.9 Å². The number of allylic oxidation sites excluding steroid dienone is 3. The summed E-state index contributed by atoms with van der Waals surface area (Å²) in [7, 11) is 1.52. The van der Waals surface area contributed by atoms with Crippen molar-refractivity contribution < 1.29 is 19.4 Å². The number of hydrogen-bond acceptors (Lipinski definition) is 9. The van der Waals surface area contributed by atoms with Crippen LogP contribution in [-0.2, 0) is 22.4 Å². The van der Waals surface area contributed by atoms with Gasteiger partial charge in [0.25, 0.3) is 5.91 Å². The smallest absolute Gasteiger partial charge is 0.259 e. The first kappa shape index (κ1) is 28.4. The molecule has 0 fully saturated rings. The highest BCUT2D eigenvalue weighted by atomic mass is 32.1. The molecule has 0 spiro atoms. The lowest BCUT2D eigenvalue weighted by molar-refractivity contribution is -0.124. The van der Waals surface area contributed by atoms with Crippen molar-refractivity contribution in [2.24, 2.45) is 11.5 Å². The van der Waals surface area contributed by atoms with E-state index in [1.165, 1.54) is 18.4 Å². The van der Waals surface area contributed by atoms with Crippen LogP contribution in [-0.4, -0.2) is 34.2 Å². The number of aryl methyl sites for hydroxylation is 1. The third-order valence-corrected chi connectivity index (χ3v) is 6.33. The lowest BCUT2D eigenvalue weighted by Crippen LogP contribution is -2.28. The van der Waals surface area contributed by atoms with Gasteiger partial charge >= 0.3 is 0 Å². The van der Waals surface area contributed by atoms with Crippen molar-refractivity contribution in [2.75, 3.05) is 12.4 Å². The van der Waals surface area contributed by atoms with Crippen LogP contribution in [0.1, 0.15) is 41.5 Å². The summed E-state index contributed by atoms with van der Waals surface area (Å²) in [5, 5.41) is 24.7. The molecular formula is C27H32N6O4S. The lowest BCUT2D eigenvalue weighted by atomic mass is 10.1. The maximum Gasteiger partial charge on any atom is 0.259 e. The number of carbonyl (C=O) groups is 2. The molecule has 0 aliphatic carbocycles. The van der Waals surface area contributed by atoms with E-state index in [2.05, 4.69) is 20.8 Å². The molecule has 0 radical (unpaired) electrons. The zero-order valence-electron chi connectivity index (χ0n) is 21.1. The number of nitrogens with two attached hydrogens (primary N) is 2. The molecule has 1 aromatic heterocycles. The summed E-state index contributed by atoms with van der Waals surface area (Å²) in [6, 6.07) is 16.1. The first-order chi connectivity index (χ1) is 18.3. The third-order valence-electron chi connectivity index (χ3n) is 5.43. The van der Waals surface area contributed by atoms with Gasteiger partial charge in [-0.05, 0) is 54.7 Å². The Morgan fingerprint density at radius 1 is 1.08 bits per heavy atom. The number of nitrogens with one attached hydrogen (secondary N) is 2. The van der Waals surface area contributed by atoms with Crippen molar-refractivity contribution in [2.45, 2.75) is 38.2 Å². The van der Waals surface area contributed by atoms with Gasteiger partial charge in [0, 0.05) is 12.1 Å². The normalized spacial score (nSPS) is 12.6. The number of benzene rings is 2. The van der Waals surface area contributed by atoms with Gasteiger partial charge < -0.3 is 26.6 Å². The number of aliphatic hydroxyl groups is 1. The topological polar surface area (TPSA) is 165 Å². The number of nitrogens with zero attached hydrogens (tertiary/aromatic N) is 2. The summed E-state index contributed by atoms with van der Waals surface area (Å²) in [4.78, 5) is 24.4. The van der Waals surface area contributed by atoms with E-state index < -0.39 is 12.0 Å². The Bertz CT molecular complexity index is 1280. The van der Waals surface area contributed by atoms with Crippen molar-refractivity contribution in [1.29, 1.82) is 0 Å². The van der Waals surface area contributed by atoms with Crippen LogP contribution in [0.15, 0.2) is 78.3 Å². The average molecular weight is 537 g/mol. The SMILES string of the molecule is COc1cccc(C(O)C(=O)Nc2nnc(CCCC/C(N)=C/C=C(\N)NC(=O)Cc3ccccc3)s2)c1. The molecule has 0 saturated heterocycles. The van der Waals surface area contributed by atoms with Crippen LogP contribution in [0.4, 0.5) is 5.13 Å². The van der Waals surface area contributed by atoms with E-state index in [0.717, 1.165) is 23.4 Å².